The summed E-state index contributed by atoms with van der Waals surface area (Å²) in [4.78, 5) is 25.0. The molecule has 0 heterocycles. The Morgan fingerprint density at radius 3 is 2.50 bits per heavy atom. The van der Waals surface area contributed by atoms with E-state index in [1.54, 1.807) is 36.0 Å². The number of halogens is 1. The summed E-state index contributed by atoms with van der Waals surface area (Å²) in [5, 5.41) is 3.39. The van der Waals surface area contributed by atoms with E-state index in [-0.39, 0.29) is 24.5 Å². The number of rotatable bonds is 6. The van der Waals surface area contributed by atoms with Crippen LogP contribution >= 0.6 is 23.4 Å². The van der Waals surface area contributed by atoms with Gasteiger partial charge in [-0.1, -0.05) is 17.7 Å². The lowest BCUT2D eigenvalue weighted by molar-refractivity contribution is -0.116. The second-order valence-corrected chi connectivity index (χ2v) is 6.03. The number of Topliss-reactive ketones (excluding diaryl/α,β-unsaturated/α-hetero) is 1. The number of amides is 1. The summed E-state index contributed by atoms with van der Waals surface area (Å²) >= 11 is 7.39. The summed E-state index contributed by atoms with van der Waals surface area (Å²) < 4.78 is 0. The minimum Gasteiger partial charge on any atom is -0.326 e. The van der Waals surface area contributed by atoms with Gasteiger partial charge in [-0.2, -0.15) is 0 Å². The lowest BCUT2D eigenvalue weighted by atomic mass is 10.1. The van der Waals surface area contributed by atoms with Gasteiger partial charge in [-0.3, -0.25) is 9.59 Å². The molecule has 2 aromatic rings. The molecule has 0 aliphatic rings. The second kappa shape index (κ2) is 8.01. The summed E-state index contributed by atoms with van der Waals surface area (Å²) in [5.74, 6) is -0.231. The minimum atomic E-state index is -0.166. The number of carbonyl (C=O) groups is 2. The Morgan fingerprint density at radius 2 is 1.82 bits per heavy atom. The van der Waals surface area contributed by atoms with E-state index in [0.29, 0.717) is 10.6 Å². The molecular formula is C17H16ClNO2S. The van der Waals surface area contributed by atoms with Crippen molar-refractivity contribution in [1.82, 2.24) is 0 Å². The number of hydrogen-bond donors (Lipinski definition) is 1. The van der Waals surface area contributed by atoms with Crippen LogP contribution in [0.3, 0.4) is 0 Å². The molecule has 0 spiro atoms. The van der Waals surface area contributed by atoms with Crippen LogP contribution in [0.4, 0.5) is 5.69 Å². The Kier molecular flexibility index (Phi) is 6.04. The molecule has 5 heteroatoms. The zero-order valence-electron chi connectivity index (χ0n) is 12.1. The van der Waals surface area contributed by atoms with Gasteiger partial charge in [0.1, 0.15) is 0 Å². The average Bonchev–Trinajstić information content (AvgIpc) is 2.53. The van der Waals surface area contributed by atoms with Crippen molar-refractivity contribution in [2.45, 2.75) is 17.7 Å². The lowest BCUT2D eigenvalue weighted by Gasteiger charge is -2.06. The van der Waals surface area contributed by atoms with Crippen LogP contribution in [0.5, 0.6) is 0 Å². The van der Waals surface area contributed by atoms with Crippen LogP contribution in [-0.2, 0) is 4.79 Å². The topological polar surface area (TPSA) is 46.2 Å². The van der Waals surface area contributed by atoms with Gasteiger partial charge in [0, 0.05) is 34.0 Å². The number of hydrogen-bond acceptors (Lipinski definition) is 3. The van der Waals surface area contributed by atoms with Crippen molar-refractivity contribution in [1.29, 1.82) is 0 Å². The zero-order valence-corrected chi connectivity index (χ0v) is 13.7. The van der Waals surface area contributed by atoms with Gasteiger partial charge >= 0.3 is 0 Å². The zero-order chi connectivity index (χ0) is 15.9. The van der Waals surface area contributed by atoms with Crippen molar-refractivity contribution in [3.05, 3.63) is 59.1 Å². The Bertz CT molecular complexity index is 671. The predicted octanol–water partition coefficient (Wildman–Crippen LogP) is 4.66. The highest BCUT2D eigenvalue weighted by atomic mass is 35.5. The van der Waals surface area contributed by atoms with Gasteiger partial charge in [0.05, 0.1) is 0 Å². The molecule has 1 amide bonds. The van der Waals surface area contributed by atoms with Crippen molar-refractivity contribution in [2.75, 3.05) is 11.6 Å². The van der Waals surface area contributed by atoms with Crippen LogP contribution in [0.2, 0.25) is 5.02 Å². The lowest BCUT2D eigenvalue weighted by Crippen LogP contribution is -2.13. The first-order chi connectivity index (χ1) is 10.6. The van der Waals surface area contributed by atoms with Crippen LogP contribution < -0.4 is 5.32 Å². The maximum atomic E-state index is 12.0. The van der Waals surface area contributed by atoms with E-state index < -0.39 is 0 Å². The van der Waals surface area contributed by atoms with Gasteiger partial charge < -0.3 is 5.32 Å². The maximum Gasteiger partial charge on any atom is 0.224 e. The van der Waals surface area contributed by atoms with E-state index in [9.17, 15) is 9.59 Å². The largest absolute Gasteiger partial charge is 0.326 e. The number of thioether (sulfide) groups is 1. The smallest absolute Gasteiger partial charge is 0.224 e. The fraction of sp³-hybridized carbons (Fsp3) is 0.176. The van der Waals surface area contributed by atoms with Gasteiger partial charge in [0.25, 0.3) is 0 Å². The van der Waals surface area contributed by atoms with Gasteiger partial charge in [0.2, 0.25) is 5.91 Å². The van der Waals surface area contributed by atoms with Crippen LogP contribution in [0.1, 0.15) is 23.2 Å². The summed E-state index contributed by atoms with van der Waals surface area (Å²) in [5.41, 5.74) is 1.32. The average molecular weight is 334 g/mol. The highest BCUT2D eigenvalue weighted by molar-refractivity contribution is 7.98. The van der Waals surface area contributed by atoms with Crippen LogP contribution in [0.25, 0.3) is 0 Å². The van der Waals surface area contributed by atoms with E-state index in [4.69, 9.17) is 11.6 Å². The number of nitrogens with one attached hydrogen (secondary N) is 1. The first kappa shape index (κ1) is 16.6. The molecule has 0 aliphatic heterocycles. The molecule has 0 aromatic heterocycles. The van der Waals surface area contributed by atoms with E-state index in [1.165, 1.54) is 0 Å². The van der Waals surface area contributed by atoms with Crippen LogP contribution in [-0.4, -0.2) is 17.9 Å². The molecule has 22 heavy (non-hydrogen) atoms. The molecule has 0 unspecified atom stereocenters. The molecule has 0 bridgehead atoms. The molecule has 3 nitrogen and oxygen atoms in total. The molecule has 0 aliphatic carbocycles. The third-order valence-electron chi connectivity index (χ3n) is 3.10. The van der Waals surface area contributed by atoms with Crippen LogP contribution in [0.15, 0.2) is 53.4 Å². The highest BCUT2D eigenvalue weighted by Gasteiger charge is 2.09. The maximum absolute atomic E-state index is 12.0. The summed E-state index contributed by atoms with van der Waals surface area (Å²) in [6.07, 6.45) is 2.31. The summed E-state index contributed by atoms with van der Waals surface area (Å²) in [6, 6.07) is 14.3. The molecular weight excluding hydrogens is 318 g/mol. The summed E-state index contributed by atoms with van der Waals surface area (Å²) in [6.45, 7) is 0. The normalized spacial score (nSPS) is 10.3. The van der Waals surface area contributed by atoms with Crippen molar-refractivity contribution in [2.24, 2.45) is 0 Å². The van der Waals surface area contributed by atoms with Gasteiger partial charge in [0.15, 0.2) is 5.78 Å². The molecule has 2 aromatic carbocycles. The minimum absolute atomic E-state index is 0.0651. The van der Waals surface area contributed by atoms with E-state index in [0.717, 1.165) is 10.6 Å². The third-order valence-corrected chi connectivity index (χ3v) is 4.08. The van der Waals surface area contributed by atoms with Crippen molar-refractivity contribution >= 4 is 40.7 Å². The van der Waals surface area contributed by atoms with E-state index in [2.05, 4.69) is 5.32 Å². The van der Waals surface area contributed by atoms with Crippen molar-refractivity contribution in [3.8, 4) is 0 Å². The fourth-order valence-corrected chi connectivity index (χ4v) is 2.52. The summed E-state index contributed by atoms with van der Waals surface area (Å²) in [7, 11) is 0. The first-order valence-corrected chi connectivity index (χ1v) is 8.41. The third kappa shape index (κ3) is 4.90. The Morgan fingerprint density at radius 1 is 1.09 bits per heavy atom. The molecule has 0 atom stereocenters. The SMILES string of the molecule is CSc1cccc(NC(=O)CCC(=O)c2ccc(Cl)cc2)c1. The van der Waals surface area contributed by atoms with Crippen LogP contribution in [0, 0.1) is 0 Å². The monoisotopic (exact) mass is 333 g/mol. The van der Waals surface area contributed by atoms with Gasteiger partial charge in [-0.05, 0) is 48.7 Å². The molecule has 1 N–H and O–H groups in total. The molecule has 0 fully saturated rings. The van der Waals surface area contributed by atoms with Gasteiger partial charge in [-0.15, -0.1) is 11.8 Å². The Labute approximate surface area is 139 Å². The molecule has 114 valence electrons. The van der Waals surface area contributed by atoms with Crippen molar-refractivity contribution < 1.29 is 9.59 Å². The first-order valence-electron chi connectivity index (χ1n) is 6.81. The molecule has 0 radical (unpaired) electrons. The van der Waals surface area contributed by atoms with Crippen molar-refractivity contribution in [3.63, 3.8) is 0 Å². The van der Waals surface area contributed by atoms with Gasteiger partial charge in [-0.25, -0.2) is 0 Å². The predicted molar refractivity (Wildman–Crippen MR) is 91.9 cm³/mol. The van der Waals surface area contributed by atoms with E-state index in [1.807, 2.05) is 30.5 Å². The molecule has 0 saturated carbocycles. The number of benzene rings is 2. The quantitative estimate of drug-likeness (QED) is 0.617. The Balaban J connectivity index is 1.87. The molecule has 2 rings (SSSR count). The highest BCUT2D eigenvalue weighted by Crippen LogP contribution is 2.19. The van der Waals surface area contributed by atoms with E-state index >= 15 is 0 Å². The number of carbonyl (C=O) groups excluding carboxylic acids is 2. The standard InChI is InChI=1S/C17H16ClNO2S/c1-22-15-4-2-3-14(11-15)19-17(21)10-9-16(20)12-5-7-13(18)8-6-12/h2-8,11H,9-10H2,1H3,(H,19,21). The second-order valence-electron chi connectivity index (χ2n) is 4.71. The fourth-order valence-electron chi connectivity index (χ4n) is 1.93. The molecule has 0 saturated heterocycles. The Hall–Kier alpha value is -1.78. The number of ketones is 1. The number of anilines is 1.